The van der Waals surface area contributed by atoms with Crippen molar-refractivity contribution in [2.75, 3.05) is 13.1 Å². The van der Waals surface area contributed by atoms with Crippen LogP contribution in [0.4, 0.5) is 5.69 Å². The molecule has 9 heteroatoms. The van der Waals surface area contributed by atoms with E-state index in [1.165, 1.54) is 18.2 Å². The monoisotopic (exact) mass is 406 g/mol. The van der Waals surface area contributed by atoms with Crippen LogP contribution in [0.5, 0.6) is 0 Å². The predicted molar refractivity (Wildman–Crippen MR) is 95.0 cm³/mol. The van der Waals surface area contributed by atoms with Gasteiger partial charge in [0.2, 0.25) is 11.8 Å². The summed E-state index contributed by atoms with van der Waals surface area (Å²) in [6.45, 7) is 4.46. The van der Waals surface area contributed by atoms with Crippen LogP contribution in [0.2, 0.25) is 0 Å². The number of nitrogens with one attached hydrogen (secondary N) is 1. The molecule has 0 spiro atoms. The Morgan fingerprint density at radius 3 is 2.80 bits per heavy atom. The van der Waals surface area contributed by atoms with Gasteiger partial charge in [0.05, 0.1) is 16.5 Å². The number of nitro benzene ring substituents is 1. The van der Waals surface area contributed by atoms with Crippen molar-refractivity contribution in [1.29, 1.82) is 0 Å². The third-order valence-electron chi connectivity index (χ3n) is 4.07. The maximum Gasteiger partial charge on any atom is 0.270 e. The van der Waals surface area contributed by atoms with E-state index in [1.54, 1.807) is 21.7 Å². The van der Waals surface area contributed by atoms with Gasteiger partial charge in [0.25, 0.3) is 5.69 Å². The zero-order valence-electron chi connectivity index (χ0n) is 13.1. The number of rotatable bonds is 5. The summed E-state index contributed by atoms with van der Waals surface area (Å²) in [4.78, 5) is 35.6. The molecule has 2 aromatic rings. The third kappa shape index (κ3) is 3.41. The van der Waals surface area contributed by atoms with Gasteiger partial charge in [-0.15, -0.1) is 0 Å². The average Bonchev–Trinajstić information content (AvgIpc) is 2.85. The van der Waals surface area contributed by atoms with Crippen molar-refractivity contribution in [1.82, 2.24) is 14.8 Å². The molecule has 1 saturated heterocycles. The van der Waals surface area contributed by atoms with Crippen molar-refractivity contribution in [3.8, 4) is 0 Å². The Labute approximate surface area is 151 Å². The van der Waals surface area contributed by atoms with Crippen LogP contribution in [0.3, 0.4) is 0 Å². The minimum absolute atomic E-state index is 0.00292. The molecule has 1 aliphatic rings. The Hall–Kier alpha value is -2.68. The number of aromatic nitrogens is 1. The molecule has 8 nitrogen and oxygen atoms in total. The van der Waals surface area contributed by atoms with Crippen molar-refractivity contribution in [2.45, 2.75) is 12.6 Å². The molecule has 0 saturated carbocycles. The molecule has 0 atom stereocenters. The number of hydrogen-bond acceptors (Lipinski definition) is 4. The molecule has 1 aromatic carbocycles. The lowest BCUT2D eigenvalue weighted by molar-refractivity contribution is -0.384. The fourth-order valence-electron chi connectivity index (χ4n) is 2.79. The summed E-state index contributed by atoms with van der Waals surface area (Å²) >= 11 is 3.37. The zero-order chi connectivity index (χ0) is 18.1. The maximum atomic E-state index is 12.2. The molecule has 1 N–H and O–H groups in total. The van der Waals surface area contributed by atoms with Gasteiger partial charge in [-0.1, -0.05) is 6.58 Å². The average molecular weight is 407 g/mol. The van der Waals surface area contributed by atoms with Crippen molar-refractivity contribution >= 4 is 44.3 Å². The second-order valence-electron chi connectivity index (χ2n) is 5.78. The van der Waals surface area contributed by atoms with Gasteiger partial charge < -0.3 is 14.8 Å². The van der Waals surface area contributed by atoms with Crippen molar-refractivity contribution in [3.63, 3.8) is 0 Å². The number of amides is 2. The molecule has 1 fully saturated rings. The first-order valence-electron chi connectivity index (χ1n) is 7.52. The summed E-state index contributed by atoms with van der Waals surface area (Å²) in [6.07, 6.45) is 2.98. The highest BCUT2D eigenvalue weighted by atomic mass is 79.9. The van der Waals surface area contributed by atoms with E-state index in [4.69, 9.17) is 0 Å². The van der Waals surface area contributed by atoms with Crippen molar-refractivity contribution in [3.05, 3.63) is 51.6 Å². The van der Waals surface area contributed by atoms with E-state index in [1.807, 2.05) is 0 Å². The molecular weight excluding hydrogens is 392 g/mol. The highest BCUT2D eigenvalue weighted by Gasteiger charge is 2.30. The smallest absolute Gasteiger partial charge is 0.270 e. The van der Waals surface area contributed by atoms with Gasteiger partial charge in [0, 0.05) is 41.3 Å². The van der Waals surface area contributed by atoms with Crippen LogP contribution in [-0.4, -0.2) is 45.3 Å². The lowest BCUT2D eigenvalue weighted by Crippen LogP contribution is -2.61. The highest BCUT2D eigenvalue weighted by molar-refractivity contribution is 9.10. The number of nitrogens with zero attached hydrogens (tertiary/aromatic N) is 3. The SMILES string of the molecule is C=CC(=O)N1CC(NC(=O)Cn2cc(Br)c3cc([N+](=O)[O-])ccc32)C1. The minimum Gasteiger partial charge on any atom is -0.348 e. The minimum atomic E-state index is -0.456. The summed E-state index contributed by atoms with van der Waals surface area (Å²) in [6, 6.07) is 4.44. The normalized spacial score (nSPS) is 14.2. The summed E-state index contributed by atoms with van der Waals surface area (Å²) in [5.74, 6) is -0.328. The second-order valence-corrected chi connectivity index (χ2v) is 6.63. The molecule has 2 heterocycles. The molecule has 0 radical (unpaired) electrons. The molecule has 0 aliphatic carbocycles. The Bertz CT molecular complexity index is 886. The van der Waals surface area contributed by atoms with E-state index in [2.05, 4.69) is 27.8 Å². The van der Waals surface area contributed by atoms with Crippen LogP contribution in [0.1, 0.15) is 0 Å². The Kier molecular flexibility index (Phi) is 4.58. The number of benzene rings is 1. The zero-order valence-corrected chi connectivity index (χ0v) is 14.7. The molecule has 1 aromatic heterocycles. The van der Waals surface area contributed by atoms with Crippen molar-refractivity contribution < 1.29 is 14.5 Å². The van der Waals surface area contributed by atoms with Gasteiger partial charge in [-0.3, -0.25) is 19.7 Å². The molecule has 130 valence electrons. The van der Waals surface area contributed by atoms with Gasteiger partial charge in [0.15, 0.2) is 0 Å². The topological polar surface area (TPSA) is 97.5 Å². The number of carbonyl (C=O) groups is 2. The number of non-ortho nitro benzene ring substituents is 1. The Morgan fingerprint density at radius 2 is 2.16 bits per heavy atom. The Morgan fingerprint density at radius 1 is 1.44 bits per heavy atom. The second kappa shape index (κ2) is 6.67. The summed E-state index contributed by atoms with van der Waals surface area (Å²) in [5.41, 5.74) is 0.724. The van der Waals surface area contributed by atoms with Crippen LogP contribution in [0.15, 0.2) is 41.5 Å². The van der Waals surface area contributed by atoms with E-state index in [-0.39, 0.29) is 30.1 Å². The molecule has 2 amide bonds. The third-order valence-corrected chi connectivity index (χ3v) is 4.71. The summed E-state index contributed by atoms with van der Waals surface area (Å²) < 4.78 is 2.41. The number of halogens is 1. The van der Waals surface area contributed by atoms with E-state index >= 15 is 0 Å². The summed E-state index contributed by atoms with van der Waals surface area (Å²) in [5, 5.41) is 14.4. The number of hydrogen-bond donors (Lipinski definition) is 1. The fraction of sp³-hybridized carbons (Fsp3) is 0.250. The predicted octanol–water partition coefficient (Wildman–Crippen LogP) is 1.82. The van der Waals surface area contributed by atoms with Crippen LogP contribution in [-0.2, 0) is 16.1 Å². The van der Waals surface area contributed by atoms with Crippen LogP contribution in [0.25, 0.3) is 10.9 Å². The van der Waals surface area contributed by atoms with Crippen molar-refractivity contribution in [2.24, 2.45) is 0 Å². The largest absolute Gasteiger partial charge is 0.348 e. The highest BCUT2D eigenvalue weighted by Crippen LogP contribution is 2.29. The quantitative estimate of drug-likeness (QED) is 0.465. The van der Waals surface area contributed by atoms with Gasteiger partial charge in [-0.2, -0.15) is 0 Å². The molecule has 3 rings (SSSR count). The molecule has 1 aliphatic heterocycles. The number of fused-ring (bicyclic) bond motifs is 1. The van der Waals surface area contributed by atoms with Crippen LogP contribution in [0, 0.1) is 10.1 Å². The lowest BCUT2D eigenvalue weighted by atomic mass is 10.1. The molecular formula is C16H15BrN4O4. The fourth-order valence-corrected chi connectivity index (χ4v) is 3.36. The molecule has 25 heavy (non-hydrogen) atoms. The van der Waals surface area contributed by atoms with E-state index in [0.717, 1.165) is 5.52 Å². The first-order chi connectivity index (χ1) is 11.9. The van der Waals surface area contributed by atoms with E-state index < -0.39 is 4.92 Å². The first kappa shape index (κ1) is 17.2. The van der Waals surface area contributed by atoms with Gasteiger partial charge >= 0.3 is 0 Å². The number of likely N-dealkylation sites (tertiary alicyclic amines) is 1. The summed E-state index contributed by atoms with van der Waals surface area (Å²) in [7, 11) is 0. The maximum absolute atomic E-state index is 12.2. The lowest BCUT2D eigenvalue weighted by Gasteiger charge is -2.38. The Balaban J connectivity index is 1.67. The van der Waals surface area contributed by atoms with Gasteiger partial charge in [-0.25, -0.2) is 0 Å². The number of carbonyl (C=O) groups excluding carboxylic acids is 2. The number of nitro groups is 1. The van der Waals surface area contributed by atoms with E-state index in [9.17, 15) is 19.7 Å². The van der Waals surface area contributed by atoms with Crippen LogP contribution < -0.4 is 5.32 Å². The standard InChI is InChI=1S/C16H15BrN4O4/c1-2-16(23)20-6-10(7-20)18-15(22)9-19-8-13(17)12-5-11(21(24)25)3-4-14(12)19/h2-5,8,10H,1,6-7,9H2,(H,18,22). The molecule has 0 bridgehead atoms. The first-order valence-corrected chi connectivity index (χ1v) is 8.32. The van der Waals surface area contributed by atoms with E-state index in [0.29, 0.717) is 22.9 Å². The van der Waals surface area contributed by atoms with Gasteiger partial charge in [-0.05, 0) is 28.1 Å². The molecule has 0 unspecified atom stereocenters. The van der Waals surface area contributed by atoms with Crippen LogP contribution >= 0.6 is 15.9 Å². The van der Waals surface area contributed by atoms with Gasteiger partial charge in [0.1, 0.15) is 6.54 Å².